The molecule has 0 aliphatic carbocycles. The SMILES string of the molecule is COc1ccc(CCNC(=O)[C@@H](N)C(C)(C)C)cc1F. The minimum atomic E-state index is -0.560. The van der Waals surface area contributed by atoms with Gasteiger partial charge in [0, 0.05) is 6.54 Å². The van der Waals surface area contributed by atoms with Crippen molar-refractivity contribution in [2.45, 2.75) is 33.2 Å². The van der Waals surface area contributed by atoms with Crippen LogP contribution in [0.3, 0.4) is 0 Å². The van der Waals surface area contributed by atoms with Gasteiger partial charge < -0.3 is 15.8 Å². The number of nitrogens with two attached hydrogens (primary N) is 1. The number of carbonyl (C=O) groups excluding carboxylic acids is 1. The van der Waals surface area contributed by atoms with Crippen molar-refractivity contribution in [3.63, 3.8) is 0 Å². The van der Waals surface area contributed by atoms with Gasteiger partial charge in [0.1, 0.15) is 0 Å². The number of nitrogens with one attached hydrogen (secondary N) is 1. The first-order valence-electron chi connectivity index (χ1n) is 6.61. The average Bonchev–Trinajstić information content (AvgIpc) is 2.36. The molecule has 1 atom stereocenters. The van der Waals surface area contributed by atoms with Crippen LogP contribution in [0.4, 0.5) is 4.39 Å². The highest BCUT2D eigenvalue weighted by Gasteiger charge is 2.26. The Kier molecular flexibility index (Phi) is 5.51. The van der Waals surface area contributed by atoms with Gasteiger partial charge >= 0.3 is 0 Å². The van der Waals surface area contributed by atoms with E-state index in [4.69, 9.17) is 10.5 Å². The van der Waals surface area contributed by atoms with Gasteiger partial charge in [-0.15, -0.1) is 0 Å². The lowest BCUT2D eigenvalue weighted by Gasteiger charge is -2.25. The second-order valence-corrected chi connectivity index (χ2v) is 5.85. The average molecular weight is 282 g/mol. The van der Waals surface area contributed by atoms with E-state index in [1.165, 1.54) is 13.2 Å². The molecular formula is C15H23FN2O2. The maximum Gasteiger partial charge on any atom is 0.237 e. The van der Waals surface area contributed by atoms with Gasteiger partial charge in [0.2, 0.25) is 5.91 Å². The molecule has 0 unspecified atom stereocenters. The molecule has 0 bridgehead atoms. The van der Waals surface area contributed by atoms with Gasteiger partial charge in [-0.05, 0) is 29.5 Å². The molecule has 0 aliphatic heterocycles. The summed E-state index contributed by atoms with van der Waals surface area (Å²) in [5, 5.41) is 2.77. The van der Waals surface area contributed by atoms with Crippen LogP contribution in [0.15, 0.2) is 18.2 Å². The van der Waals surface area contributed by atoms with Crippen LogP contribution in [0.25, 0.3) is 0 Å². The van der Waals surface area contributed by atoms with Crippen LogP contribution in [0.2, 0.25) is 0 Å². The Balaban J connectivity index is 2.49. The quantitative estimate of drug-likeness (QED) is 0.866. The molecule has 1 rings (SSSR count). The van der Waals surface area contributed by atoms with Gasteiger partial charge in [-0.25, -0.2) is 4.39 Å². The molecule has 112 valence electrons. The molecule has 0 spiro atoms. The van der Waals surface area contributed by atoms with Crippen LogP contribution in [0.1, 0.15) is 26.3 Å². The standard InChI is InChI=1S/C15H23FN2O2/c1-15(2,3)13(17)14(19)18-8-7-10-5-6-12(20-4)11(16)9-10/h5-6,9,13H,7-8,17H2,1-4H3,(H,18,19)/t13-/m1/s1. The van der Waals surface area contributed by atoms with Gasteiger partial charge in [0.15, 0.2) is 11.6 Å². The van der Waals surface area contributed by atoms with E-state index >= 15 is 0 Å². The van der Waals surface area contributed by atoms with Crippen molar-refractivity contribution >= 4 is 5.91 Å². The van der Waals surface area contributed by atoms with Gasteiger partial charge in [-0.2, -0.15) is 0 Å². The van der Waals surface area contributed by atoms with Crippen LogP contribution < -0.4 is 15.8 Å². The smallest absolute Gasteiger partial charge is 0.237 e. The highest BCUT2D eigenvalue weighted by molar-refractivity contribution is 5.82. The molecule has 3 N–H and O–H groups in total. The third-order valence-corrected chi connectivity index (χ3v) is 3.14. The molecule has 0 aromatic heterocycles. The molecule has 0 fully saturated rings. The minimum absolute atomic E-state index is 0.188. The van der Waals surface area contributed by atoms with E-state index in [-0.39, 0.29) is 17.1 Å². The molecule has 5 heteroatoms. The predicted octanol–water partition coefficient (Wildman–Crippen LogP) is 1.87. The molecule has 0 saturated heterocycles. The number of hydrogen-bond acceptors (Lipinski definition) is 3. The van der Waals surface area contributed by atoms with Crippen molar-refractivity contribution < 1.29 is 13.9 Å². The van der Waals surface area contributed by atoms with E-state index < -0.39 is 11.9 Å². The zero-order valence-corrected chi connectivity index (χ0v) is 12.5. The lowest BCUT2D eigenvalue weighted by atomic mass is 9.87. The summed E-state index contributed by atoms with van der Waals surface area (Å²) in [7, 11) is 1.42. The minimum Gasteiger partial charge on any atom is -0.494 e. The highest BCUT2D eigenvalue weighted by Crippen LogP contribution is 2.18. The second kappa shape index (κ2) is 6.70. The number of carbonyl (C=O) groups is 1. The van der Waals surface area contributed by atoms with Gasteiger partial charge in [0.05, 0.1) is 13.2 Å². The third kappa shape index (κ3) is 4.49. The van der Waals surface area contributed by atoms with Gasteiger partial charge in [-0.1, -0.05) is 26.8 Å². The van der Waals surface area contributed by atoms with Crippen molar-refractivity contribution in [1.29, 1.82) is 0 Å². The van der Waals surface area contributed by atoms with Crippen LogP contribution in [0.5, 0.6) is 5.75 Å². The molecule has 0 radical (unpaired) electrons. The van der Waals surface area contributed by atoms with Crippen LogP contribution in [-0.2, 0) is 11.2 Å². The lowest BCUT2D eigenvalue weighted by Crippen LogP contribution is -2.48. The van der Waals surface area contributed by atoms with Crippen LogP contribution >= 0.6 is 0 Å². The Labute approximate surface area is 119 Å². The maximum atomic E-state index is 13.5. The van der Waals surface area contributed by atoms with Gasteiger partial charge in [-0.3, -0.25) is 4.79 Å². The second-order valence-electron chi connectivity index (χ2n) is 5.85. The summed E-state index contributed by atoms with van der Waals surface area (Å²) in [5.41, 5.74) is 6.36. The number of hydrogen-bond donors (Lipinski definition) is 2. The summed E-state index contributed by atoms with van der Waals surface area (Å²) in [6.07, 6.45) is 0.545. The molecule has 4 nitrogen and oxygen atoms in total. The van der Waals surface area contributed by atoms with Gasteiger partial charge in [0.25, 0.3) is 0 Å². The fraction of sp³-hybridized carbons (Fsp3) is 0.533. The molecular weight excluding hydrogens is 259 g/mol. The number of methoxy groups -OCH3 is 1. The summed E-state index contributed by atoms with van der Waals surface area (Å²) < 4.78 is 18.3. The van der Waals surface area contributed by atoms with E-state index in [2.05, 4.69) is 5.32 Å². The zero-order chi connectivity index (χ0) is 15.3. The first-order valence-corrected chi connectivity index (χ1v) is 6.61. The number of halogens is 1. The summed E-state index contributed by atoms with van der Waals surface area (Å²) in [5.74, 6) is -0.373. The Morgan fingerprint density at radius 2 is 2.10 bits per heavy atom. The molecule has 0 heterocycles. The molecule has 20 heavy (non-hydrogen) atoms. The largest absolute Gasteiger partial charge is 0.494 e. The molecule has 1 aromatic carbocycles. The topological polar surface area (TPSA) is 64.3 Å². The summed E-state index contributed by atoms with van der Waals surface area (Å²) in [6, 6.07) is 4.20. The van der Waals surface area contributed by atoms with Crippen LogP contribution in [-0.4, -0.2) is 25.6 Å². The van der Waals surface area contributed by atoms with Crippen molar-refractivity contribution in [2.24, 2.45) is 11.1 Å². The summed E-state index contributed by atoms with van der Waals surface area (Å²) >= 11 is 0. The Bertz CT molecular complexity index is 469. The van der Waals surface area contributed by atoms with Crippen molar-refractivity contribution in [3.05, 3.63) is 29.6 Å². The Hall–Kier alpha value is -1.62. The van der Waals surface area contributed by atoms with E-state index in [0.29, 0.717) is 13.0 Å². The van der Waals surface area contributed by atoms with E-state index in [1.54, 1.807) is 12.1 Å². The number of rotatable bonds is 5. The number of amides is 1. The number of ether oxygens (including phenoxy) is 1. The fourth-order valence-corrected chi connectivity index (χ4v) is 1.70. The summed E-state index contributed by atoms with van der Waals surface area (Å²) in [4.78, 5) is 11.8. The van der Waals surface area contributed by atoms with Crippen molar-refractivity contribution in [3.8, 4) is 5.75 Å². The first-order chi connectivity index (χ1) is 9.25. The number of benzene rings is 1. The van der Waals surface area contributed by atoms with E-state index in [1.807, 2.05) is 20.8 Å². The van der Waals surface area contributed by atoms with E-state index in [0.717, 1.165) is 5.56 Å². The first kappa shape index (κ1) is 16.4. The Morgan fingerprint density at radius 3 is 2.60 bits per heavy atom. The van der Waals surface area contributed by atoms with E-state index in [9.17, 15) is 9.18 Å². The van der Waals surface area contributed by atoms with Crippen LogP contribution in [0, 0.1) is 11.2 Å². The maximum absolute atomic E-state index is 13.5. The fourth-order valence-electron chi connectivity index (χ4n) is 1.70. The zero-order valence-electron chi connectivity index (χ0n) is 12.5. The third-order valence-electron chi connectivity index (χ3n) is 3.14. The molecule has 1 aromatic rings. The summed E-state index contributed by atoms with van der Waals surface area (Å²) in [6.45, 7) is 6.16. The van der Waals surface area contributed by atoms with Crippen molar-refractivity contribution in [2.75, 3.05) is 13.7 Å². The predicted molar refractivity (Wildman–Crippen MR) is 77.1 cm³/mol. The molecule has 1 amide bonds. The lowest BCUT2D eigenvalue weighted by molar-refractivity contribution is -0.124. The normalized spacial score (nSPS) is 12.9. The monoisotopic (exact) mass is 282 g/mol. The Morgan fingerprint density at radius 1 is 1.45 bits per heavy atom. The molecule has 0 aliphatic rings. The molecule has 0 saturated carbocycles. The van der Waals surface area contributed by atoms with Crippen molar-refractivity contribution in [1.82, 2.24) is 5.32 Å². The highest BCUT2D eigenvalue weighted by atomic mass is 19.1.